The van der Waals surface area contributed by atoms with Crippen LogP contribution in [0.2, 0.25) is 0 Å². The van der Waals surface area contributed by atoms with Crippen LogP contribution in [0.3, 0.4) is 0 Å². The van der Waals surface area contributed by atoms with Crippen molar-refractivity contribution in [3.05, 3.63) is 35.9 Å². The van der Waals surface area contributed by atoms with Crippen molar-refractivity contribution in [2.24, 2.45) is 0 Å². The Labute approximate surface area is 87.4 Å². The summed E-state index contributed by atoms with van der Waals surface area (Å²) in [7, 11) is -6.00. The zero-order chi connectivity index (χ0) is 11.7. The van der Waals surface area contributed by atoms with E-state index in [4.69, 9.17) is 0 Å². The Morgan fingerprint density at radius 3 is 1.87 bits per heavy atom. The SMILES string of the molecule is CCCCc1ccccc1.F[B-](F)(F)F. The second-order valence-electron chi connectivity index (χ2n) is 3.08. The minimum absolute atomic E-state index is 1.23. The number of unbranched alkanes of at least 4 members (excludes halogenated alkanes) is 1. The minimum Gasteiger partial charge on any atom is -0.418 e. The summed E-state index contributed by atoms with van der Waals surface area (Å²) in [5, 5.41) is 0. The highest BCUT2D eigenvalue weighted by atomic mass is 19.5. The van der Waals surface area contributed by atoms with Crippen molar-refractivity contribution in [1.82, 2.24) is 0 Å². The van der Waals surface area contributed by atoms with E-state index in [1.165, 1.54) is 24.8 Å². The predicted molar refractivity (Wildman–Crippen MR) is 55.2 cm³/mol. The molecule has 0 aliphatic carbocycles. The highest BCUT2D eigenvalue weighted by Gasteiger charge is 2.20. The maximum Gasteiger partial charge on any atom is 0.673 e. The molecular weight excluding hydrogens is 207 g/mol. The number of hydrogen-bond acceptors (Lipinski definition) is 0. The molecule has 0 nitrogen and oxygen atoms in total. The van der Waals surface area contributed by atoms with Crippen LogP contribution in [0.4, 0.5) is 17.3 Å². The van der Waals surface area contributed by atoms with Gasteiger partial charge in [-0.25, -0.2) is 0 Å². The van der Waals surface area contributed by atoms with Gasteiger partial charge in [0.05, 0.1) is 0 Å². The summed E-state index contributed by atoms with van der Waals surface area (Å²) < 4.78 is 39.0. The normalized spacial score (nSPS) is 10.5. The van der Waals surface area contributed by atoms with Crippen LogP contribution in [-0.2, 0) is 6.42 Å². The number of rotatable bonds is 3. The van der Waals surface area contributed by atoms with E-state index in [1.807, 2.05) is 0 Å². The van der Waals surface area contributed by atoms with E-state index in [1.54, 1.807) is 0 Å². The molecule has 0 radical (unpaired) electrons. The van der Waals surface area contributed by atoms with Crippen molar-refractivity contribution in [3.8, 4) is 0 Å². The molecule has 5 heteroatoms. The van der Waals surface area contributed by atoms with Crippen molar-refractivity contribution < 1.29 is 17.3 Å². The van der Waals surface area contributed by atoms with Gasteiger partial charge in [0.1, 0.15) is 0 Å². The van der Waals surface area contributed by atoms with E-state index in [9.17, 15) is 17.3 Å². The Bertz CT molecular complexity index is 239. The maximum atomic E-state index is 9.75. The monoisotopic (exact) mass is 221 g/mol. The summed E-state index contributed by atoms with van der Waals surface area (Å²) in [5.41, 5.74) is 1.46. The van der Waals surface area contributed by atoms with Gasteiger partial charge in [-0.2, -0.15) is 0 Å². The molecule has 0 heterocycles. The lowest BCUT2D eigenvalue weighted by atomic mass is 10.1. The van der Waals surface area contributed by atoms with Crippen LogP contribution in [0.15, 0.2) is 30.3 Å². The predicted octanol–water partition coefficient (Wildman–Crippen LogP) is 4.33. The van der Waals surface area contributed by atoms with Crippen molar-refractivity contribution in [2.45, 2.75) is 26.2 Å². The fourth-order valence-electron chi connectivity index (χ4n) is 1.03. The molecule has 1 rings (SSSR count). The zero-order valence-electron chi connectivity index (χ0n) is 8.60. The summed E-state index contributed by atoms with van der Waals surface area (Å²) >= 11 is 0. The Balaban J connectivity index is 0.000000336. The van der Waals surface area contributed by atoms with Crippen molar-refractivity contribution in [3.63, 3.8) is 0 Å². The molecule has 1 aromatic rings. The molecule has 0 atom stereocenters. The molecule has 15 heavy (non-hydrogen) atoms. The van der Waals surface area contributed by atoms with Crippen LogP contribution in [-0.4, -0.2) is 7.25 Å². The van der Waals surface area contributed by atoms with Crippen LogP contribution in [0, 0.1) is 0 Å². The molecule has 0 aliphatic heterocycles. The van der Waals surface area contributed by atoms with Gasteiger partial charge in [-0.1, -0.05) is 43.7 Å². The Hall–Kier alpha value is -0.995. The fourth-order valence-corrected chi connectivity index (χ4v) is 1.03. The largest absolute Gasteiger partial charge is 0.673 e. The molecule has 0 saturated heterocycles. The highest BCUT2D eigenvalue weighted by molar-refractivity contribution is 6.50. The molecule has 0 spiro atoms. The van der Waals surface area contributed by atoms with E-state index in [0.29, 0.717) is 0 Å². The maximum absolute atomic E-state index is 9.75. The van der Waals surface area contributed by atoms with Crippen LogP contribution >= 0.6 is 0 Å². The first kappa shape index (κ1) is 14.0. The standard InChI is InChI=1S/C10H14.BF4/c1-2-3-7-10-8-5-4-6-9-10;2-1(3,4)5/h4-6,8-9H,2-3,7H2,1H3;/q;-1. The lowest BCUT2D eigenvalue weighted by Gasteiger charge is -1.96. The Morgan fingerprint density at radius 2 is 1.47 bits per heavy atom. The van der Waals surface area contributed by atoms with Gasteiger partial charge in [-0.05, 0) is 18.4 Å². The molecule has 0 bridgehead atoms. The van der Waals surface area contributed by atoms with Crippen molar-refractivity contribution in [1.29, 1.82) is 0 Å². The number of halogens is 4. The quantitative estimate of drug-likeness (QED) is 0.526. The third kappa shape index (κ3) is 13.0. The average Bonchev–Trinajstić information content (AvgIpc) is 2.14. The molecule has 1 aromatic carbocycles. The summed E-state index contributed by atoms with van der Waals surface area (Å²) in [6, 6.07) is 10.6. The van der Waals surface area contributed by atoms with Gasteiger partial charge in [-0.15, -0.1) is 0 Å². The number of hydrogen-bond donors (Lipinski definition) is 0. The second kappa shape index (κ2) is 7.32. The molecule has 0 unspecified atom stereocenters. The van der Waals surface area contributed by atoms with Crippen LogP contribution in [0.5, 0.6) is 0 Å². The smallest absolute Gasteiger partial charge is 0.418 e. The third-order valence-corrected chi connectivity index (χ3v) is 1.66. The molecule has 0 aromatic heterocycles. The van der Waals surface area contributed by atoms with Crippen molar-refractivity contribution >= 4 is 7.25 Å². The first-order valence-electron chi connectivity index (χ1n) is 4.84. The molecule has 0 saturated carbocycles. The average molecular weight is 221 g/mol. The first-order valence-corrected chi connectivity index (χ1v) is 4.84. The third-order valence-electron chi connectivity index (χ3n) is 1.66. The Kier molecular flexibility index (Phi) is 6.83. The lowest BCUT2D eigenvalue weighted by Crippen LogP contribution is -2.02. The van der Waals surface area contributed by atoms with Gasteiger partial charge in [0.2, 0.25) is 0 Å². The first-order chi connectivity index (χ1) is 6.93. The highest BCUT2D eigenvalue weighted by Crippen LogP contribution is 2.06. The van der Waals surface area contributed by atoms with Gasteiger partial charge in [0.25, 0.3) is 0 Å². The van der Waals surface area contributed by atoms with Gasteiger partial charge < -0.3 is 17.3 Å². The molecule has 0 aliphatic rings. The van der Waals surface area contributed by atoms with Gasteiger partial charge in [0, 0.05) is 0 Å². The summed E-state index contributed by atoms with van der Waals surface area (Å²) in [5.74, 6) is 0. The van der Waals surface area contributed by atoms with E-state index in [2.05, 4.69) is 37.3 Å². The molecular formula is C10H14BF4-. The van der Waals surface area contributed by atoms with Gasteiger partial charge in [0.15, 0.2) is 0 Å². The molecule has 0 fully saturated rings. The number of aryl methyl sites for hydroxylation is 1. The number of benzene rings is 1. The molecule has 86 valence electrons. The van der Waals surface area contributed by atoms with Gasteiger partial charge in [-0.3, -0.25) is 0 Å². The summed E-state index contributed by atoms with van der Waals surface area (Å²) in [4.78, 5) is 0. The van der Waals surface area contributed by atoms with Gasteiger partial charge >= 0.3 is 7.25 Å². The molecule has 0 amide bonds. The molecule has 0 N–H and O–H groups in total. The van der Waals surface area contributed by atoms with E-state index < -0.39 is 7.25 Å². The van der Waals surface area contributed by atoms with Crippen molar-refractivity contribution in [2.75, 3.05) is 0 Å². The summed E-state index contributed by atoms with van der Waals surface area (Å²) in [6.07, 6.45) is 3.83. The fraction of sp³-hybridized carbons (Fsp3) is 0.400. The van der Waals surface area contributed by atoms with E-state index in [-0.39, 0.29) is 0 Å². The lowest BCUT2D eigenvalue weighted by molar-refractivity contribution is 0.368. The second-order valence-corrected chi connectivity index (χ2v) is 3.08. The topological polar surface area (TPSA) is 0 Å². The van der Waals surface area contributed by atoms with Crippen LogP contribution in [0.1, 0.15) is 25.3 Å². The summed E-state index contributed by atoms with van der Waals surface area (Å²) in [6.45, 7) is 2.23. The van der Waals surface area contributed by atoms with Crippen LogP contribution < -0.4 is 0 Å². The zero-order valence-corrected chi connectivity index (χ0v) is 8.60. The minimum atomic E-state index is -6.00. The van der Waals surface area contributed by atoms with E-state index in [0.717, 1.165) is 0 Å². The van der Waals surface area contributed by atoms with E-state index >= 15 is 0 Å². The van der Waals surface area contributed by atoms with Crippen LogP contribution in [0.25, 0.3) is 0 Å². The Morgan fingerprint density at radius 1 is 1.00 bits per heavy atom.